The molecule has 3 aromatic heterocycles. The molecule has 9 heteroatoms. The largest absolute Gasteiger partial charge is 0.368 e. The molecule has 4 rings (SSSR count). The molecule has 4 aromatic rings. The van der Waals surface area contributed by atoms with Crippen LogP contribution in [0.4, 0.5) is 10.3 Å². The molecule has 0 aliphatic heterocycles. The minimum Gasteiger partial charge on any atom is -0.368 e. The fourth-order valence-electron chi connectivity index (χ4n) is 2.39. The molecule has 1 aromatic carbocycles. The van der Waals surface area contributed by atoms with E-state index in [0.717, 1.165) is 0 Å². The van der Waals surface area contributed by atoms with E-state index in [1.165, 1.54) is 16.8 Å². The number of aliphatic hydroxyl groups excluding tert-OH is 1. The molecule has 0 aliphatic rings. The highest BCUT2D eigenvalue weighted by Gasteiger charge is 2.14. The van der Waals surface area contributed by atoms with Crippen LogP contribution in [-0.4, -0.2) is 35.1 Å². The van der Waals surface area contributed by atoms with E-state index in [1.807, 2.05) is 6.07 Å². The number of pyridine rings is 1. The molecule has 26 heavy (non-hydrogen) atoms. The Balaban J connectivity index is 1.49. The van der Waals surface area contributed by atoms with Gasteiger partial charge in [-0.1, -0.05) is 12.1 Å². The van der Waals surface area contributed by atoms with Crippen molar-refractivity contribution in [2.75, 3.05) is 5.32 Å². The van der Waals surface area contributed by atoms with Crippen molar-refractivity contribution in [1.82, 2.24) is 29.9 Å². The van der Waals surface area contributed by atoms with Crippen molar-refractivity contribution in [1.29, 1.82) is 0 Å². The van der Waals surface area contributed by atoms with Gasteiger partial charge in [0.15, 0.2) is 12.1 Å². The second kappa shape index (κ2) is 6.73. The Hall–Kier alpha value is -3.59. The summed E-state index contributed by atoms with van der Waals surface area (Å²) in [5.74, 6) is 0.394. The lowest BCUT2D eigenvalue weighted by molar-refractivity contribution is 0.201. The lowest BCUT2D eigenvalue weighted by atomic mass is 10.3. The Labute approximate surface area is 147 Å². The molecule has 0 amide bonds. The number of nitrogens with zero attached hydrogens (tertiary/aromatic N) is 5. The third-order valence-corrected chi connectivity index (χ3v) is 3.63. The minimum atomic E-state index is -1.12. The number of aliphatic hydroxyl groups is 1. The number of hydrogen-bond acceptors (Lipinski definition) is 6. The van der Waals surface area contributed by atoms with E-state index in [2.05, 4.69) is 30.6 Å². The van der Waals surface area contributed by atoms with Crippen LogP contribution in [0.25, 0.3) is 17.2 Å². The smallest absolute Gasteiger partial charge is 0.224 e. The van der Waals surface area contributed by atoms with Gasteiger partial charge in [-0.15, -0.1) is 10.2 Å². The molecule has 0 bridgehead atoms. The van der Waals surface area contributed by atoms with Gasteiger partial charge in [-0.05, 0) is 36.4 Å². The van der Waals surface area contributed by atoms with Crippen LogP contribution in [0.2, 0.25) is 0 Å². The van der Waals surface area contributed by atoms with Crippen molar-refractivity contribution >= 4 is 5.95 Å². The summed E-state index contributed by atoms with van der Waals surface area (Å²) in [6, 6.07) is 13.1. The topological polar surface area (TPSA) is 105 Å². The minimum absolute atomic E-state index is 0.276. The zero-order valence-electron chi connectivity index (χ0n) is 13.4. The van der Waals surface area contributed by atoms with Gasteiger partial charge in [0, 0.05) is 12.4 Å². The molecule has 1 unspecified atom stereocenters. The third kappa shape index (κ3) is 3.28. The van der Waals surface area contributed by atoms with E-state index in [-0.39, 0.29) is 11.8 Å². The zero-order valence-corrected chi connectivity index (χ0v) is 13.4. The number of aromatic amines is 1. The Morgan fingerprint density at radius 3 is 2.85 bits per heavy atom. The summed E-state index contributed by atoms with van der Waals surface area (Å²) in [7, 11) is 0. The second-order valence-electron chi connectivity index (χ2n) is 5.45. The van der Waals surface area contributed by atoms with E-state index >= 15 is 0 Å². The number of hydrogen-bond donors (Lipinski definition) is 3. The van der Waals surface area contributed by atoms with Crippen molar-refractivity contribution in [2.24, 2.45) is 0 Å². The summed E-state index contributed by atoms with van der Waals surface area (Å²) in [6.07, 6.45) is 2.17. The van der Waals surface area contributed by atoms with Gasteiger partial charge in [-0.3, -0.25) is 4.98 Å². The predicted octanol–water partition coefficient (Wildman–Crippen LogP) is 2.29. The summed E-state index contributed by atoms with van der Waals surface area (Å²) in [4.78, 5) is 7.11. The second-order valence-corrected chi connectivity index (χ2v) is 5.45. The van der Waals surface area contributed by atoms with Crippen LogP contribution >= 0.6 is 0 Å². The quantitative estimate of drug-likeness (QED) is 0.477. The first-order valence-electron chi connectivity index (χ1n) is 7.79. The fraction of sp³-hybridized carbons (Fsp3) is 0.0588. The first kappa shape index (κ1) is 15.9. The lowest BCUT2D eigenvalue weighted by Crippen LogP contribution is -2.12. The van der Waals surface area contributed by atoms with Gasteiger partial charge < -0.3 is 15.4 Å². The molecule has 3 heterocycles. The molecule has 1 atom stereocenters. The van der Waals surface area contributed by atoms with E-state index in [0.29, 0.717) is 22.9 Å². The Bertz CT molecular complexity index is 1010. The SMILES string of the molecule is OC(Nc1nnc(-c2ccccn2)[nH]1)c1ccn(-c2cccc(F)c2)n1. The van der Waals surface area contributed by atoms with Crippen LogP contribution in [-0.2, 0) is 0 Å². The van der Waals surface area contributed by atoms with E-state index in [1.54, 1.807) is 42.7 Å². The lowest BCUT2D eigenvalue weighted by Gasteiger charge is -2.08. The van der Waals surface area contributed by atoms with E-state index in [4.69, 9.17) is 0 Å². The maximum atomic E-state index is 13.3. The Morgan fingerprint density at radius 1 is 1.12 bits per heavy atom. The van der Waals surface area contributed by atoms with Crippen LogP contribution in [0.5, 0.6) is 0 Å². The molecule has 0 radical (unpaired) electrons. The molecule has 0 saturated carbocycles. The van der Waals surface area contributed by atoms with Crippen LogP contribution in [0.1, 0.15) is 11.9 Å². The number of rotatable bonds is 5. The van der Waals surface area contributed by atoms with Gasteiger partial charge in [-0.2, -0.15) is 5.10 Å². The summed E-state index contributed by atoms with van der Waals surface area (Å²) < 4.78 is 14.8. The summed E-state index contributed by atoms with van der Waals surface area (Å²) in [5.41, 5.74) is 1.54. The predicted molar refractivity (Wildman–Crippen MR) is 91.7 cm³/mol. The number of halogens is 1. The van der Waals surface area contributed by atoms with Gasteiger partial charge in [0.1, 0.15) is 17.2 Å². The Kier molecular flexibility index (Phi) is 4.12. The molecule has 0 fully saturated rings. The van der Waals surface area contributed by atoms with E-state index in [9.17, 15) is 9.50 Å². The van der Waals surface area contributed by atoms with Crippen molar-refractivity contribution in [3.63, 3.8) is 0 Å². The highest BCUT2D eigenvalue weighted by atomic mass is 19.1. The Morgan fingerprint density at radius 2 is 2.04 bits per heavy atom. The zero-order chi connectivity index (χ0) is 17.9. The fourth-order valence-corrected chi connectivity index (χ4v) is 2.39. The van der Waals surface area contributed by atoms with Gasteiger partial charge in [0.05, 0.1) is 5.69 Å². The van der Waals surface area contributed by atoms with Crippen molar-refractivity contribution < 1.29 is 9.50 Å². The maximum Gasteiger partial charge on any atom is 0.224 e. The highest BCUT2D eigenvalue weighted by Crippen LogP contribution is 2.17. The van der Waals surface area contributed by atoms with Crippen molar-refractivity contribution in [3.8, 4) is 17.2 Å². The van der Waals surface area contributed by atoms with Gasteiger partial charge in [0.25, 0.3) is 0 Å². The molecule has 3 N–H and O–H groups in total. The summed E-state index contributed by atoms with van der Waals surface area (Å²) >= 11 is 0. The summed E-state index contributed by atoms with van der Waals surface area (Å²) in [6.45, 7) is 0. The molecule has 0 spiro atoms. The van der Waals surface area contributed by atoms with Crippen LogP contribution in [0.3, 0.4) is 0 Å². The monoisotopic (exact) mass is 351 g/mol. The first-order valence-corrected chi connectivity index (χ1v) is 7.79. The van der Waals surface area contributed by atoms with Crippen LogP contribution in [0.15, 0.2) is 60.9 Å². The van der Waals surface area contributed by atoms with Gasteiger partial charge in [0.2, 0.25) is 5.95 Å². The van der Waals surface area contributed by atoms with Crippen molar-refractivity contribution in [2.45, 2.75) is 6.23 Å². The van der Waals surface area contributed by atoms with Crippen LogP contribution in [0, 0.1) is 5.82 Å². The average Bonchev–Trinajstić information content (AvgIpc) is 3.32. The molecular weight excluding hydrogens is 337 g/mol. The average molecular weight is 351 g/mol. The molecule has 0 saturated heterocycles. The number of H-pyrrole nitrogens is 1. The molecule has 8 nitrogen and oxygen atoms in total. The molecular formula is C17H14FN7O. The highest BCUT2D eigenvalue weighted by molar-refractivity contribution is 5.50. The van der Waals surface area contributed by atoms with Crippen molar-refractivity contribution in [3.05, 3.63) is 72.4 Å². The number of nitrogens with one attached hydrogen (secondary N) is 2. The standard InChI is InChI=1S/C17H14FN7O/c18-11-4-3-5-12(10-11)25-9-7-14(24-25)16(26)21-17-20-15(22-23-17)13-6-1-2-8-19-13/h1-10,16,26H,(H2,20,21,22,23). The molecule has 130 valence electrons. The van der Waals surface area contributed by atoms with E-state index < -0.39 is 6.23 Å². The number of benzene rings is 1. The number of aromatic nitrogens is 6. The number of anilines is 1. The van der Waals surface area contributed by atoms with Gasteiger partial charge >= 0.3 is 0 Å². The first-order chi connectivity index (χ1) is 12.7. The van der Waals surface area contributed by atoms with Gasteiger partial charge in [-0.25, -0.2) is 9.07 Å². The van der Waals surface area contributed by atoms with Crippen LogP contribution < -0.4 is 5.32 Å². The normalized spacial score (nSPS) is 12.1. The third-order valence-electron chi connectivity index (χ3n) is 3.63. The summed E-state index contributed by atoms with van der Waals surface area (Å²) in [5, 5.41) is 25.2. The molecule has 0 aliphatic carbocycles. The maximum absolute atomic E-state index is 13.3.